The Morgan fingerprint density at radius 2 is 0.558 bits per heavy atom. The number of unbranched alkanes of at least 4 members (excludes halogenated alkanes) is 1. The standard InChI is InChI=1S/3C8H15F3.2C7H10F6.7C7H13F3/c1-6(2,3)7(4,5)8(9,10)11;2*1-5(2)6(3)7(4)8(9,10)11;1-4(2)3-5(6(8,9)10)7(11,12)13;1-2-3-4-5(6(8,9)10)7(11,12)13;1-5(2)6(3,4)7(8,9)10;1-4-6(2,3)5-7(8,9)10;1-4-5-6(2,3)7(8,9)10;2*1-4-5(2)6(3)7(8,9)10;1-3-4-6(2)5-7(8,9)10;1-3-6(4-2)5-7(8,9)10/h1-5H3;2*5-7H,1-4H3;4-5H,3H2,1-2H3;5H,2-4H2,1H3;5H,1-4H3;2*4-5H2,1-3H3;2*5-6H,4H2,1-3H3;2*6H,3-5H2,1-2H3/t;2*6-,7?;;;;;;5?,6-;5-,6?;6-;/m.11.....100./s1. The topological polar surface area (TPSA) is 0 Å². The van der Waals surface area contributed by atoms with Crippen LogP contribution in [0.1, 0.15) is 352 Å². The van der Waals surface area contributed by atoms with E-state index >= 15 is 0 Å². The van der Waals surface area contributed by atoms with Gasteiger partial charge in [0.1, 0.15) is 0 Å². The Bertz CT molecular complexity index is 2500. The molecular formula is C87H156F42. The molecule has 0 saturated heterocycles. The maximum atomic E-state index is 12.3. The molecule has 0 radical (unpaired) electrons. The molecule has 0 rings (SSSR count). The van der Waals surface area contributed by atoms with E-state index in [0.29, 0.717) is 51.4 Å². The lowest BCUT2D eigenvalue weighted by molar-refractivity contribution is -0.288. The predicted octanol–water partition coefficient (Wildman–Crippen LogP) is 41.5. The molecule has 4 unspecified atom stereocenters. The molecule has 0 aromatic heterocycles. The van der Waals surface area contributed by atoms with Crippen molar-refractivity contribution < 1.29 is 184 Å². The second kappa shape index (κ2) is 62.8. The summed E-state index contributed by atoms with van der Waals surface area (Å²) in [6, 6.07) is 0. The van der Waals surface area contributed by atoms with Gasteiger partial charge in [-0.25, -0.2) is 0 Å². The van der Waals surface area contributed by atoms with Gasteiger partial charge >= 0.3 is 86.5 Å². The molecule has 0 N–H and O–H groups in total. The van der Waals surface area contributed by atoms with E-state index in [1.807, 2.05) is 34.6 Å². The summed E-state index contributed by atoms with van der Waals surface area (Å²) in [6.07, 6.45) is -59.3. The number of alkyl halides is 42. The third-order valence-electron chi connectivity index (χ3n) is 22.9. The Balaban J connectivity index is -0.000000116. The summed E-state index contributed by atoms with van der Waals surface area (Å²) >= 11 is 0. The fourth-order valence-electron chi connectivity index (χ4n) is 9.03. The van der Waals surface area contributed by atoms with Gasteiger partial charge in [0.2, 0.25) is 0 Å². The highest BCUT2D eigenvalue weighted by Gasteiger charge is 2.58. The quantitative estimate of drug-likeness (QED) is 0.0845. The smallest absolute Gasteiger partial charge is 0.171 e. The summed E-state index contributed by atoms with van der Waals surface area (Å²) in [5, 5.41) is 0. The zero-order valence-electron chi connectivity index (χ0n) is 81.9. The monoisotopic (exact) mass is 2000 g/mol. The minimum Gasteiger partial charge on any atom is -0.171 e. The van der Waals surface area contributed by atoms with Gasteiger partial charge in [-0.3, -0.25) is 0 Å². The third-order valence-corrected chi connectivity index (χ3v) is 22.9. The van der Waals surface area contributed by atoms with Crippen molar-refractivity contribution in [3.8, 4) is 0 Å². The highest BCUT2D eigenvalue weighted by atomic mass is 19.5. The molecule has 798 valence electrons. The Kier molecular flexibility index (Phi) is 73.8. The van der Waals surface area contributed by atoms with Gasteiger partial charge in [0.25, 0.3) is 0 Å². The van der Waals surface area contributed by atoms with Crippen LogP contribution in [-0.4, -0.2) is 86.5 Å². The second-order valence-corrected chi connectivity index (χ2v) is 37.7. The van der Waals surface area contributed by atoms with E-state index in [9.17, 15) is 184 Å². The highest BCUT2D eigenvalue weighted by molar-refractivity contribution is 4.89. The van der Waals surface area contributed by atoms with Gasteiger partial charge in [-0.2, -0.15) is 184 Å². The average Bonchev–Trinajstić information content (AvgIpc) is 0.775. The van der Waals surface area contributed by atoms with Crippen LogP contribution < -0.4 is 0 Å². The van der Waals surface area contributed by atoms with E-state index in [1.54, 1.807) is 132 Å². The van der Waals surface area contributed by atoms with Gasteiger partial charge in [-0.1, -0.05) is 313 Å². The van der Waals surface area contributed by atoms with E-state index in [-0.39, 0.29) is 66.1 Å². The first-order chi connectivity index (χ1) is 55.8. The molecular weight excluding hydrogens is 1840 g/mol. The van der Waals surface area contributed by atoms with Crippen molar-refractivity contribution in [3.63, 3.8) is 0 Å². The minimum absolute atomic E-state index is 0.0658. The first-order valence-corrected chi connectivity index (χ1v) is 42.7. The van der Waals surface area contributed by atoms with Gasteiger partial charge in [0.15, 0.2) is 11.8 Å². The summed E-state index contributed by atoms with van der Waals surface area (Å²) in [6.45, 7) is 55.7. The van der Waals surface area contributed by atoms with E-state index in [1.165, 1.54) is 83.1 Å². The molecule has 0 nitrogen and oxygen atoms in total. The van der Waals surface area contributed by atoms with Crippen molar-refractivity contribution in [1.82, 2.24) is 0 Å². The SMILES string of the molecule is CC(C)(C)C(C)(C)C(F)(F)F.CC(C)C(C)(C)C(F)(F)F.CC(C)CC(C(F)(F)F)C(F)(F)F.CC(C)[C@@H](C)C(C)C(F)(F)F.CC(C)[C@@H](C)C(C)C(F)(F)F.CCC(C)(C)CC(F)(F)F.CCC(C)[C@@H](C)C(F)(F)F.CCC(CC)CC(F)(F)F.CCCC(C)(C)C(F)(F)F.CCCCC(C(F)(F)F)C(F)(F)F.CCC[C@H](C)CC(F)(F)F.CC[C@H](C)C(C)C(F)(F)F. The molecule has 0 aromatic carbocycles. The Morgan fingerprint density at radius 1 is 0.271 bits per heavy atom. The zero-order valence-corrected chi connectivity index (χ0v) is 81.9. The molecule has 9 atom stereocenters. The summed E-state index contributed by atoms with van der Waals surface area (Å²) in [4.78, 5) is 0. The molecule has 0 fully saturated rings. The highest BCUT2D eigenvalue weighted by Crippen LogP contribution is 2.51. The normalized spacial score (nSPS) is 15.6. The molecule has 0 aliphatic carbocycles. The average molecular weight is 2000 g/mol. The van der Waals surface area contributed by atoms with Crippen molar-refractivity contribution in [3.05, 3.63) is 0 Å². The van der Waals surface area contributed by atoms with E-state index in [2.05, 4.69) is 0 Å². The van der Waals surface area contributed by atoms with Gasteiger partial charge in [-0.15, -0.1) is 0 Å². The summed E-state index contributed by atoms with van der Waals surface area (Å²) < 4.78 is 500. The van der Waals surface area contributed by atoms with Crippen molar-refractivity contribution in [2.75, 3.05) is 0 Å². The summed E-state index contributed by atoms with van der Waals surface area (Å²) in [5.74, 6) is -13.4. The third kappa shape index (κ3) is 80.8. The molecule has 0 aliphatic heterocycles. The predicted molar refractivity (Wildman–Crippen MR) is 431 cm³/mol. The Labute approximate surface area is 742 Å². The molecule has 0 saturated carbocycles. The van der Waals surface area contributed by atoms with Crippen LogP contribution in [0.15, 0.2) is 0 Å². The molecule has 0 aliphatic rings. The molecule has 0 heterocycles. The number of halogens is 42. The maximum Gasteiger partial charge on any atom is 0.400 e. The van der Waals surface area contributed by atoms with Crippen molar-refractivity contribution >= 4 is 0 Å². The molecule has 0 bridgehead atoms. The number of hydrogen-bond acceptors (Lipinski definition) is 0. The summed E-state index contributed by atoms with van der Waals surface area (Å²) in [5.41, 5.74) is -6.04. The van der Waals surface area contributed by atoms with Crippen molar-refractivity contribution in [2.45, 2.75) is 438 Å². The van der Waals surface area contributed by atoms with Crippen LogP contribution in [0.2, 0.25) is 0 Å². The van der Waals surface area contributed by atoms with Crippen molar-refractivity contribution in [1.29, 1.82) is 0 Å². The van der Waals surface area contributed by atoms with Crippen LogP contribution in [0.25, 0.3) is 0 Å². The van der Waals surface area contributed by atoms with Crippen molar-refractivity contribution in [2.24, 2.45) is 122 Å². The lowest BCUT2D eigenvalue weighted by atomic mass is 9.69. The number of hydrogen-bond donors (Lipinski definition) is 0. The van der Waals surface area contributed by atoms with Gasteiger partial charge in [-0.05, 0) is 89.3 Å². The Hall–Kier alpha value is -2.94. The largest absolute Gasteiger partial charge is 0.400 e. The van der Waals surface area contributed by atoms with E-state index in [4.69, 9.17) is 0 Å². The number of rotatable bonds is 24. The molecule has 42 heteroatoms. The van der Waals surface area contributed by atoms with Gasteiger partial charge in [0.05, 0.1) is 39.9 Å². The van der Waals surface area contributed by atoms with E-state index < -0.39 is 187 Å². The van der Waals surface area contributed by atoms with Crippen LogP contribution in [0.3, 0.4) is 0 Å². The van der Waals surface area contributed by atoms with Crippen LogP contribution in [-0.2, 0) is 0 Å². The first kappa shape index (κ1) is 152. The van der Waals surface area contributed by atoms with Crippen LogP contribution in [0.5, 0.6) is 0 Å². The fraction of sp³-hybridized carbons (Fsp3) is 1.00. The van der Waals surface area contributed by atoms with Gasteiger partial charge < -0.3 is 0 Å². The lowest BCUT2D eigenvalue weighted by Gasteiger charge is -2.40. The second-order valence-electron chi connectivity index (χ2n) is 37.7. The zero-order chi connectivity index (χ0) is 108. The summed E-state index contributed by atoms with van der Waals surface area (Å²) in [7, 11) is 0. The Morgan fingerprint density at radius 3 is 0.651 bits per heavy atom. The fourth-order valence-corrected chi connectivity index (χ4v) is 9.03. The minimum atomic E-state index is -5.19. The van der Waals surface area contributed by atoms with Crippen LogP contribution in [0.4, 0.5) is 184 Å². The van der Waals surface area contributed by atoms with E-state index in [0.717, 1.165) is 6.42 Å². The molecule has 0 aromatic rings. The van der Waals surface area contributed by atoms with Gasteiger partial charge in [0, 0.05) is 19.3 Å². The molecule has 0 amide bonds. The maximum absolute atomic E-state index is 12.3. The van der Waals surface area contributed by atoms with Crippen LogP contribution >= 0.6 is 0 Å². The lowest BCUT2D eigenvalue weighted by Crippen LogP contribution is -2.43. The molecule has 0 spiro atoms. The first-order valence-electron chi connectivity index (χ1n) is 42.7. The van der Waals surface area contributed by atoms with Crippen LogP contribution in [0, 0.1) is 122 Å². The molecule has 129 heavy (non-hydrogen) atoms.